The van der Waals surface area contributed by atoms with Gasteiger partial charge in [-0.2, -0.15) is 0 Å². The number of hydrogen-bond donors (Lipinski definition) is 2. The minimum atomic E-state index is -1.11. The van der Waals surface area contributed by atoms with Crippen LogP contribution in [0.3, 0.4) is 0 Å². The molecule has 3 rings (SSSR count). The fourth-order valence-electron chi connectivity index (χ4n) is 3.44. The summed E-state index contributed by atoms with van der Waals surface area (Å²) in [5.41, 5.74) is 1.81. The number of nitrogens with zero attached hydrogens (tertiary/aromatic N) is 2. The van der Waals surface area contributed by atoms with Crippen molar-refractivity contribution >= 4 is 17.4 Å². The number of hydrogen-bond acceptors (Lipinski definition) is 6. The van der Waals surface area contributed by atoms with E-state index in [1.54, 1.807) is 5.01 Å². The van der Waals surface area contributed by atoms with Crippen LogP contribution in [0.2, 0.25) is 0 Å². The van der Waals surface area contributed by atoms with Gasteiger partial charge in [0.05, 0.1) is 37.5 Å². The van der Waals surface area contributed by atoms with Crippen LogP contribution < -0.4 is 5.01 Å². The Morgan fingerprint density at radius 1 is 1.30 bits per heavy atom. The molecule has 2 N–H and O–H groups in total. The predicted octanol–water partition coefficient (Wildman–Crippen LogP) is 0.273. The molecule has 0 saturated carbocycles. The first kappa shape index (κ1) is 15.9. The van der Waals surface area contributed by atoms with E-state index in [4.69, 9.17) is 4.74 Å². The molecule has 2 aliphatic heterocycles. The van der Waals surface area contributed by atoms with E-state index in [2.05, 4.69) is 0 Å². The van der Waals surface area contributed by atoms with Crippen LogP contribution in [0, 0.1) is 5.92 Å². The first-order valence-corrected chi connectivity index (χ1v) is 7.61. The van der Waals surface area contributed by atoms with Gasteiger partial charge in [0.15, 0.2) is 0 Å². The Morgan fingerprint density at radius 3 is 2.74 bits per heavy atom. The van der Waals surface area contributed by atoms with E-state index in [9.17, 15) is 19.8 Å². The number of β-amino-alcohol motifs (C(OH)–C–C–N with tert-alkyl or cyclic N) is 1. The van der Waals surface area contributed by atoms with Crippen molar-refractivity contribution in [1.29, 1.82) is 0 Å². The zero-order valence-electron chi connectivity index (χ0n) is 12.9. The van der Waals surface area contributed by atoms with Crippen molar-refractivity contribution in [3.05, 3.63) is 29.8 Å². The lowest BCUT2D eigenvalue weighted by Crippen LogP contribution is -2.52. The fourth-order valence-corrected chi connectivity index (χ4v) is 3.44. The van der Waals surface area contributed by atoms with E-state index in [0.29, 0.717) is 19.8 Å². The third-order valence-corrected chi connectivity index (χ3v) is 4.46. The third-order valence-electron chi connectivity index (χ3n) is 4.46. The predicted molar refractivity (Wildman–Crippen MR) is 81.8 cm³/mol. The second-order valence-corrected chi connectivity index (χ2v) is 5.91. The molecule has 1 aromatic carbocycles. The van der Waals surface area contributed by atoms with Crippen molar-refractivity contribution in [2.24, 2.45) is 5.92 Å². The molecule has 7 nitrogen and oxygen atoms in total. The number of para-hydroxylation sites is 1. The molecule has 0 unspecified atom stereocenters. The third kappa shape index (κ3) is 2.83. The zero-order valence-corrected chi connectivity index (χ0v) is 12.9. The van der Waals surface area contributed by atoms with E-state index < -0.39 is 24.0 Å². The molecular weight excluding hydrogens is 300 g/mol. The lowest BCUT2D eigenvalue weighted by atomic mass is 9.94. The van der Waals surface area contributed by atoms with Gasteiger partial charge in [-0.3, -0.25) is 9.59 Å². The molecule has 0 radical (unpaired) electrons. The lowest BCUT2D eigenvalue weighted by molar-refractivity contribution is -0.146. The van der Waals surface area contributed by atoms with Crippen molar-refractivity contribution in [3.8, 4) is 0 Å². The maximum absolute atomic E-state index is 11.8. The van der Waals surface area contributed by atoms with Gasteiger partial charge in [-0.1, -0.05) is 18.2 Å². The summed E-state index contributed by atoms with van der Waals surface area (Å²) in [6.07, 6.45) is -0.995. The summed E-state index contributed by atoms with van der Waals surface area (Å²) in [6.45, 7) is 2.80. The molecule has 2 aliphatic rings. The number of aliphatic hydroxyl groups excluding tert-OH is 1. The van der Waals surface area contributed by atoms with Crippen molar-refractivity contribution in [2.45, 2.75) is 25.7 Å². The normalized spacial score (nSPS) is 28.3. The number of carbonyl (C=O) groups excluding carboxylic acids is 1. The standard InChI is InChI=1S/C16H20N2O5/c1-10(19)14-13(20)8-18(15(14)16(21)22)17-6-7-23-9-11-4-2-3-5-12(11)17/h2-5,13-15,20H,6-9H2,1H3,(H,21,22)/t13-,14-,15-/m1/s1. The highest BCUT2D eigenvalue weighted by atomic mass is 16.5. The molecule has 0 spiro atoms. The minimum absolute atomic E-state index is 0.107. The van der Waals surface area contributed by atoms with Gasteiger partial charge >= 0.3 is 5.97 Å². The number of aliphatic hydroxyl groups is 1. The van der Waals surface area contributed by atoms with Crippen molar-refractivity contribution in [3.63, 3.8) is 0 Å². The molecule has 0 aliphatic carbocycles. The SMILES string of the molecule is CC(=O)[C@@H]1[C@H](O)CN(N2CCOCc3ccccc32)[C@H]1C(=O)O. The molecule has 0 aromatic heterocycles. The highest BCUT2D eigenvalue weighted by Gasteiger charge is 2.50. The Bertz CT molecular complexity index is 620. The number of carbonyl (C=O) groups is 2. The van der Waals surface area contributed by atoms with Crippen LogP contribution in [0.4, 0.5) is 5.69 Å². The van der Waals surface area contributed by atoms with Crippen LogP contribution >= 0.6 is 0 Å². The van der Waals surface area contributed by atoms with Gasteiger partial charge in [-0.25, -0.2) is 5.01 Å². The Hall–Kier alpha value is -1.96. The van der Waals surface area contributed by atoms with Crippen LogP contribution in [-0.2, 0) is 20.9 Å². The number of ether oxygens (including phenoxy) is 1. The number of fused-ring (bicyclic) bond motifs is 1. The molecular formula is C16H20N2O5. The monoisotopic (exact) mass is 320 g/mol. The number of hydrazine groups is 1. The summed E-state index contributed by atoms with van der Waals surface area (Å²) in [5.74, 6) is -2.35. The molecule has 1 aromatic rings. The molecule has 23 heavy (non-hydrogen) atoms. The number of carboxylic acid groups (broad SMARTS) is 1. The number of rotatable bonds is 3. The number of Topliss-reactive ketones (excluding diaryl/α,β-unsaturated/α-hetero) is 1. The van der Waals surface area contributed by atoms with Gasteiger partial charge in [0, 0.05) is 12.1 Å². The number of ketones is 1. The summed E-state index contributed by atoms with van der Waals surface area (Å²) >= 11 is 0. The second-order valence-electron chi connectivity index (χ2n) is 5.91. The lowest BCUT2D eigenvalue weighted by Gasteiger charge is -2.36. The maximum atomic E-state index is 11.8. The van der Waals surface area contributed by atoms with E-state index in [1.165, 1.54) is 6.92 Å². The topological polar surface area (TPSA) is 90.3 Å². The molecule has 1 fully saturated rings. The van der Waals surface area contributed by atoms with Gasteiger partial charge in [-0.15, -0.1) is 0 Å². The van der Waals surface area contributed by atoms with Crippen molar-refractivity contribution in [1.82, 2.24) is 5.01 Å². The molecule has 3 atom stereocenters. The van der Waals surface area contributed by atoms with Crippen LogP contribution in [0.1, 0.15) is 12.5 Å². The average molecular weight is 320 g/mol. The van der Waals surface area contributed by atoms with Crippen LogP contribution in [-0.4, -0.2) is 58.8 Å². The molecule has 0 amide bonds. The van der Waals surface area contributed by atoms with Crippen LogP contribution in [0.15, 0.2) is 24.3 Å². The Labute approximate surface area is 134 Å². The van der Waals surface area contributed by atoms with Crippen molar-refractivity contribution in [2.75, 3.05) is 24.7 Å². The summed E-state index contributed by atoms with van der Waals surface area (Å²) < 4.78 is 5.56. The van der Waals surface area contributed by atoms with Crippen molar-refractivity contribution < 1.29 is 24.5 Å². The van der Waals surface area contributed by atoms with E-state index in [-0.39, 0.29) is 12.3 Å². The van der Waals surface area contributed by atoms with Gasteiger partial charge in [-0.05, 0) is 13.0 Å². The molecule has 1 saturated heterocycles. The van der Waals surface area contributed by atoms with Gasteiger partial charge < -0.3 is 20.0 Å². The Kier molecular flexibility index (Phi) is 4.34. The summed E-state index contributed by atoms with van der Waals surface area (Å²) in [5, 5.41) is 23.2. The van der Waals surface area contributed by atoms with E-state index in [1.807, 2.05) is 29.3 Å². The summed E-state index contributed by atoms with van der Waals surface area (Å²) in [7, 11) is 0. The van der Waals surface area contributed by atoms with Crippen LogP contribution in [0.5, 0.6) is 0 Å². The smallest absolute Gasteiger partial charge is 0.323 e. The number of aliphatic carboxylic acids is 1. The first-order chi connectivity index (χ1) is 11.0. The second kappa shape index (κ2) is 6.27. The summed E-state index contributed by atoms with van der Waals surface area (Å²) in [6, 6.07) is 6.53. The quantitative estimate of drug-likeness (QED) is 0.826. The first-order valence-electron chi connectivity index (χ1n) is 7.61. The fraction of sp³-hybridized carbons (Fsp3) is 0.500. The molecule has 124 valence electrons. The van der Waals surface area contributed by atoms with E-state index >= 15 is 0 Å². The van der Waals surface area contributed by atoms with Gasteiger partial charge in [0.1, 0.15) is 11.8 Å². The maximum Gasteiger partial charge on any atom is 0.323 e. The number of benzene rings is 1. The zero-order chi connectivity index (χ0) is 16.6. The van der Waals surface area contributed by atoms with Gasteiger partial charge in [0.2, 0.25) is 0 Å². The number of carboxylic acids is 1. The van der Waals surface area contributed by atoms with Gasteiger partial charge in [0.25, 0.3) is 0 Å². The molecule has 0 bridgehead atoms. The minimum Gasteiger partial charge on any atom is -0.480 e. The Balaban J connectivity index is 2.00. The highest BCUT2D eigenvalue weighted by molar-refractivity contribution is 5.88. The Morgan fingerprint density at radius 2 is 2.04 bits per heavy atom. The van der Waals surface area contributed by atoms with Crippen LogP contribution in [0.25, 0.3) is 0 Å². The average Bonchev–Trinajstić information content (AvgIpc) is 2.72. The number of anilines is 1. The molecule has 7 heteroatoms. The van der Waals surface area contributed by atoms with E-state index in [0.717, 1.165) is 11.3 Å². The highest BCUT2D eigenvalue weighted by Crippen LogP contribution is 2.33. The largest absolute Gasteiger partial charge is 0.480 e. The summed E-state index contributed by atoms with van der Waals surface area (Å²) in [4.78, 5) is 23.6. The molecule has 2 heterocycles.